The van der Waals surface area contributed by atoms with E-state index >= 15 is 0 Å². The predicted molar refractivity (Wildman–Crippen MR) is 73.7 cm³/mol. The van der Waals surface area contributed by atoms with E-state index in [2.05, 4.69) is 9.97 Å². The number of para-hydroxylation sites is 1. The Kier molecular flexibility index (Phi) is 3.23. The summed E-state index contributed by atoms with van der Waals surface area (Å²) in [6, 6.07) is 7.46. The molecule has 2 heterocycles. The zero-order chi connectivity index (χ0) is 14.1. The predicted octanol–water partition coefficient (Wildman–Crippen LogP) is 1.17. The van der Waals surface area contributed by atoms with Crippen LogP contribution in [0.4, 0.5) is 5.95 Å². The van der Waals surface area contributed by atoms with E-state index < -0.39 is 11.9 Å². The monoisotopic (exact) mass is 273 g/mol. The molecule has 1 fully saturated rings. The molecule has 0 radical (unpaired) electrons. The number of aliphatic carboxylic acids is 1. The molecule has 2 unspecified atom stereocenters. The highest BCUT2D eigenvalue weighted by Gasteiger charge is 2.37. The average Bonchev–Trinajstić information content (AvgIpc) is 2.95. The lowest BCUT2D eigenvalue weighted by Gasteiger charge is -2.26. The molecule has 2 aromatic rings. The summed E-state index contributed by atoms with van der Waals surface area (Å²) in [6.07, 6.45) is 1.75. The molecular formula is C14H15N3O3. The summed E-state index contributed by atoms with van der Waals surface area (Å²) in [7, 11) is 1.80. The second-order valence-electron chi connectivity index (χ2n) is 4.89. The molecule has 0 amide bonds. The third-order valence-electron chi connectivity index (χ3n) is 3.66. The Morgan fingerprint density at radius 2 is 2.20 bits per heavy atom. The van der Waals surface area contributed by atoms with E-state index in [1.807, 2.05) is 24.3 Å². The summed E-state index contributed by atoms with van der Waals surface area (Å²) >= 11 is 0. The quantitative estimate of drug-likeness (QED) is 0.904. The number of hydrogen-bond donors (Lipinski definition) is 1. The third-order valence-corrected chi connectivity index (χ3v) is 3.66. The summed E-state index contributed by atoms with van der Waals surface area (Å²) in [4.78, 5) is 21.8. The molecule has 1 aromatic carbocycles. The van der Waals surface area contributed by atoms with Crippen LogP contribution in [0.15, 0.2) is 30.5 Å². The Labute approximate surface area is 116 Å². The molecule has 6 heteroatoms. The number of anilines is 1. The molecule has 1 aliphatic heterocycles. The van der Waals surface area contributed by atoms with Crippen LogP contribution in [-0.2, 0) is 9.53 Å². The topological polar surface area (TPSA) is 75.5 Å². The Morgan fingerprint density at radius 3 is 3.00 bits per heavy atom. The molecule has 1 aliphatic rings. The zero-order valence-electron chi connectivity index (χ0n) is 11.1. The maximum atomic E-state index is 11.2. The smallest absolute Gasteiger partial charge is 0.311 e. The van der Waals surface area contributed by atoms with Crippen LogP contribution in [0, 0.1) is 5.92 Å². The number of benzene rings is 1. The van der Waals surface area contributed by atoms with Gasteiger partial charge in [-0.2, -0.15) is 0 Å². The highest BCUT2D eigenvalue weighted by Crippen LogP contribution is 2.23. The van der Waals surface area contributed by atoms with E-state index in [-0.39, 0.29) is 12.6 Å². The van der Waals surface area contributed by atoms with Gasteiger partial charge in [0.15, 0.2) is 0 Å². The number of nitrogens with zero attached hydrogens (tertiary/aromatic N) is 3. The summed E-state index contributed by atoms with van der Waals surface area (Å²) in [5, 5.41) is 10.2. The van der Waals surface area contributed by atoms with Gasteiger partial charge in [-0.3, -0.25) is 4.79 Å². The van der Waals surface area contributed by atoms with Crippen molar-refractivity contribution in [1.29, 1.82) is 0 Å². The lowest BCUT2D eigenvalue weighted by molar-refractivity contribution is -0.141. The molecular weight excluding hydrogens is 258 g/mol. The van der Waals surface area contributed by atoms with Crippen molar-refractivity contribution >= 4 is 22.8 Å². The van der Waals surface area contributed by atoms with Crippen molar-refractivity contribution in [3.8, 4) is 0 Å². The lowest BCUT2D eigenvalue weighted by atomic mass is 10.0. The number of hydrogen-bond acceptors (Lipinski definition) is 5. The maximum Gasteiger partial charge on any atom is 0.311 e. The molecule has 0 saturated carbocycles. The van der Waals surface area contributed by atoms with Crippen LogP contribution in [-0.4, -0.2) is 47.3 Å². The van der Waals surface area contributed by atoms with Crippen molar-refractivity contribution in [2.75, 3.05) is 25.2 Å². The van der Waals surface area contributed by atoms with Gasteiger partial charge in [0, 0.05) is 18.6 Å². The fraction of sp³-hybridized carbons (Fsp3) is 0.357. The first-order valence-corrected chi connectivity index (χ1v) is 6.42. The summed E-state index contributed by atoms with van der Waals surface area (Å²) in [6.45, 7) is 0.613. The second kappa shape index (κ2) is 5.05. The number of ether oxygens (including phenoxy) is 1. The second-order valence-corrected chi connectivity index (χ2v) is 4.89. The number of carbonyl (C=O) groups is 1. The van der Waals surface area contributed by atoms with Crippen LogP contribution in [0.2, 0.25) is 0 Å². The van der Waals surface area contributed by atoms with E-state index in [1.165, 1.54) is 0 Å². The van der Waals surface area contributed by atoms with Crippen LogP contribution < -0.4 is 4.90 Å². The van der Waals surface area contributed by atoms with Gasteiger partial charge in [-0.25, -0.2) is 9.97 Å². The van der Waals surface area contributed by atoms with Gasteiger partial charge in [0.1, 0.15) is 5.92 Å². The first kappa shape index (κ1) is 12.8. The molecule has 0 spiro atoms. The standard InChI is InChI=1S/C14H15N3O3/c1-17(12-8-20-7-10(12)13(18)19)14-15-6-9-4-2-3-5-11(9)16-14/h2-6,10,12H,7-8H2,1H3,(H,18,19). The molecule has 0 aliphatic carbocycles. The number of fused-ring (bicyclic) bond motifs is 1. The molecule has 3 rings (SSSR count). The molecule has 20 heavy (non-hydrogen) atoms. The number of carboxylic acid groups (broad SMARTS) is 1. The van der Waals surface area contributed by atoms with Crippen LogP contribution in [0.5, 0.6) is 0 Å². The molecule has 0 bridgehead atoms. The lowest BCUT2D eigenvalue weighted by Crippen LogP contribution is -2.41. The van der Waals surface area contributed by atoms with Crippen molar-refractivity contribution in [3.63, 3.8) is 0 Å². The van der Waals surface area contributed by atoms with Gasteiger partial charge in [0.2, 0.25) is 5.95 Å². The van der Waals surface area contributed by atoms with Crippen LogP contribution in [0.3, 0.4) is 0 Å². The van der Waals surface area contributed by atoms with E-state index in [4.69, 9.17) is 4.74 Å². The van der Waals surface area contributed by atoms with Gasteiger partial charge in [0.25, 0.3) is 0 Å². The Hall–Kier alpha value is -2.21. The Bertz CT molecular complexity index is 646. The minimum atomic E-state index is -0.847. The number of carboxylic acids is 1. The van der Waals surface area contributed by atoms with E-state index in [1.54, 1.807) is 18.1 Å². The number of aromatic nitrogens is 2. The van der Waals surface area contributed by atoms with Crippen LogP contribution in [0.25, 0.3) is 10.9 Å². The van der Waals surface area contributed by atoms with Gasteiger partial charge in [-0.1, -0.05) is 18.2 Å². The van der Waals surface area contributed by atoms with Crippen molar-refractivity contribution in [1.82, 2.24) is 9.97 Å². The van der Waals surface area contributed by atoms with Gasteiger partial charge < -0.3 is 14.7 Å². The Balaban J connectivity index is 1.91. The van der Waals surface area contributed by atoms with Crippen LogP contribution in [0.1, 0.15) is 0 Å². The van der Waals surface area contributed by atoms with Gasteiger partial charge >= 0.3 is 5.97 Å². The molecule has 1 aromatic heterocycles. The highest BCUT2D eigenvalue weighted by molar-refractivity contribution is 5.78. The van der Waals surface area contributed by atoms with E-state index in [0.29, 0.717) is 12.6 Å². The first-order chi connectivity index (χ1) is 9.66. The van der Waals surface area contributed by atoms with E-state index in [9.17, 15) is 9.90 Å². The number of likely N-dealkylation sites (N-methyl/N-ethyl adjacent to an activating group) is 1. The zero-order valence-corrected chi connectivity index (χ0v) is 11.1. The highest BCUT2D eigenvalue weighted by atomic mass is 16.5. The minimum Gasteiger partial charge on any atom is -0.481 e. The van der Waals surface area contributed by atoms with Crippen molar-refractivity contribution < 1.29 is 14.6 Å². The Morgan fingerprint density at radius 1 is 1.40 bits per heavy atom. The summed E-state index contributed by atoms with van der Waals surface area (Å²) in [5.41, 5.74) is 0.843. The van der Waals surface area contributed by atoms with Crippen LogP contribution >= 0.6 is 0 Å². The van der Waals surface area contributed by atoms with Crippen molar-refractivity contribution in [2.45, 2.75) is 6.04 Å². The SMILES string of the molecule is CN(c1ncc2ccccc2n1)C1COCC1C(=O)O. The third kappa shape index (κ3) is 2.18. The van der Waals surface area contributed by atoms with Gasteiger partial charge in [-0.05, 0) is 6.07 Å². The van der Waals surface area contributed by atoms with Crippen molar-refractivity contribution in [3.05, 3.63) is 30.5 Å². The fourth-order valence-electron chi connectivity index (χ4n) is 2.44. The normalized spacial score (nSPS) is 22.1. The fourth-order valence-corrected chi connectivity index (χ4v) is 2.44. The largest absolute Gasteiger partial charge is 0.481 e. The minimum absolute atomic E-state index is 0.234. The average molecular weight is 273 g/mol. The van der Waals surface area contributed by atoms with Gasteiger partial charge in [0.05, 0.1) is 24.8 Å². The first-order valence-electron chi connectivity index (χ1n) is 6.42. The van der Waals surface area contributed by atoms with Crippen molar-refractivity contribution in [2.24, 2.45) is 5.92 Å². The molecule has 1 N–H and O–H groups in total. The summed E-state index contributed by atoms with van der Waals surface area (Å²) in [5.74, 6) is -0.874. The molecule has 1 saturated heterocycles. The summed E-state index contributed by atoms with van der Waals surface area (Å²) < 4.78 is 5.28. The maximum absolute atomic E-state index is 11.2. The number of rotatable bonds is 3. The molecule has 2 atom stereocenters. The molecule has 6 nitrogen and oxygen atoms in total. The molecule has 104 valence electrons. The van der Waals surface area contributed by atoms with E-state index in [0.717, 1.165) is 10.9 Å². The van der Waals surface area contributed by atoms with Gasteiger partial charge in [-0.15, -0.1) is 0 Å².